The maximum atomic E-state index is 11.3. The largest absolute Gasteiger partial charge is 0.461 e. The van der Waals surface area contributed by atoms with E-state index in [9.17, 15) is 4.79 Å². The van der Waals surface area contributed by atoms with Crippen molar-refractivity contribution in [2.75, 3.05) is 0 Å². The van der Waals surface area contributed by atoms with Crippen LogP contribution in [0, 0.1) is 11.8 Å². The average Bonchev–Trinajstić information content (AvgIpc) is 2.45. The van der Waals surface area contributed by atoms with Crippen molar-refractivity contribution in [3.63, 3.8) is 0 Å². The van der Waals surface area contributed by atoms with Crippen molar-refractivity contribution >= 4 is 5.97 Å². The van der Waals surface area contributed by atoms with Crippen LogP contribution in [-0.4, -0.2) is 17.6 Å². The Morgan fingerprint density at radius 2 is 2.36 bits per heavy atom. The highest BCUT2D eigenvalue weighted by Gasteiger charge is 2.64. The second-order valence-electron chi connectivity index (χ2n) is 4.13. The van der Waals surface area contributed by atoms with Crippen molar-refractivity contribution in [1.82, 2.24) is 0 Å². The van der Waals surface area contributed by atoms with Gasteiger partial charge in [0.15, 0.2) is 0 Å². The van der Waals surface area contributed by atoms with E-state index < -0.39 is 5.54 Å². The first-order valence-corrected chi connectivity index (χ1v) is 4.20. The van der Waals surface area contributed by atoms with Crippen LogP contribution in [0.1, 0.15) is 19.3 Å². The molecule has 3 heteroatoms. The van der Waals surface area contributed by atoms with E-state index in [-0.39, 0.29) is 12.1 Å². The third kappa shape index (κ3) is 0.495. The molecule has 11 heavy (non-hydrogen) atoms. The zero-order valence-corrected chi connectivity index (χ0v) is 6.25. The molecule has 0 radical (unpaired) electrons. The van der Waals surface area contributed by atoms with Gasteiger partial charge in [-0.1, -0.05) is 0 Å². The Balaban J connectivity index is 2.11. The summed E-state index contributed by atoms with van der Waals surface area (Å²) in [5, 5.41) is 0. The summed E-state index contributed by atoms with van der Waals surface area (Å²) in [5.41, 5.74) is 5.38. The molecule has 3 aliphatic rings. The van der Waals surface area contributed by atoms with Gasteiger partial charge in [-0.15, -0.1) is 0 Å². The minimum absolute atomic E-state index is 0.146. The Morgan fingerprint density at radius 1 is 1.55 bits per heavy atom. The molecule has 3 nitrogen and oxygen atoms in total. The van der Waals surface area contributed by atoms with Gasteiger partial charge in [0, 0.05) is 5.92 Å². The minimum Gasteiger partial charge on any atom is -0.461 e. The number of nitrogens with two attached hydrogens (primary N) is 1. The summed E-state index contributed by atoms with van der Waals surface area (Å²) in [4.78, 5) is 11.3. The molecule has 0 amide bonds. The third-order valence-corrected chi connectivity index (χ3v) is 3.53. The number of carbonyl (C=O) groups excluding carboxylic acids is 1. The molecule has 0 unspecified atom stereocenters. The highest BCUT2D eigenvalue weighted by Crippen LogP contribution is 2.55. The quantitative estimate of drug-likeness (QED) is 0.500. The fourth-order valence-electron chi connectivity index (χ4n) is 3.05. The third-order valence-electron chi connectivity index (χ3n) is 3.53. The normalized spacial score (nSPS) is 58.6. The number of ether oxygens (including phenoxy) is 1. The zero-order chi connectivity index (χ0) is 7.64. The molecular weight excluding hydrogens is 142 g/mol. The molecule has 0 aromatic rings. The van der Waals surface area contributed by atoms with Crippen molar-refractivity contribution in [3.8, 4) is 0 Å². The zero-order valence-electron chi connectivity index (χ0n) is 6.25. The Hall–Kier alpha value is -0.570. The van der Waals surface area contributed by atoms with Crippen LogP contribution in [0.2, 0.25) is 0 Å². The van der Waals surface area contributed by atoms with Crippen LogP contribution in [0.25, 0.3) is 0 Å². The first-order valence-electron chi connectivity index (χ1n) is 4.20. The molecule has 0 aromatic carbocycles. The van der Waals surface area contributed by atoms with Crippen molar-refractivity contribution < 1.29 is 9.53 Å². The second-order valence-corrected chi connectivity index (χ2v) is 4.13. The minimum atomic E-state index is -0.576. The summed E-state index contributed by atoms with van der Waals surface area (Å²) < 4.78 is 5.18. The Labute approximate surface area is 64.9 Å². The van der Waals surface area contributed by atoms with Crippen molar-refractivity contribution in [1.29, 1.82) is 0 Å². The van der Waals surface area contributed by atoms with Gasteiger partial charge in [0.2, 0.25) is 0 Å². The van der Waals surface area contributed by atoms with E-state index in [2.05, 4.69) is 0 Å². The highest BCUT2D eigenvalue weighted by molar-refractivity contribution is 5.84. The molecule has 2 N–H and O–H groups in total. The van der Waals surface area contributed by atoms with Gasteiger partial charge in [-0.05, 0) is 25.2 Å². The first-order chi connectivity index (χ1) is 5.20. The van der Waals surface area contributed by atoms with Gasteiger partial charge >= 0.3 is 5.97 Å². The van der Waals surface area contributed by atoms with E-state index in [1.54, 1.807) is 0 Å². The van der Waals surface area contributed by atoms with Crippen LogP contribution in [-0.2, 0) is 9.53 Å². The van der Waals surface area contributed by atoms with Crippen LogP contribution >= 0.6 is 0 Å². The molecule has 2 saturated carbocycles. The lowest BCUT2D eigenvalue weighted by atomic mass is 9.83. The molecule has 1 saturated heterocycles. The lowest BCUT2D eigenvalue weighted by molar-refractivity contribution is -0.144. The smallest absolute Gasteiger partial charge is 0.326 e. The number of hydrogen-bond acceptors (Lipinski definition) is 3. The number of hydrogen-bond donors (Lipinski definition) is 1. The molecule has 4 atom stereocenters. The fraction of sp³-hybridized carbons (Fsp3) is 0.875. The van der Waals surface area contributed by atoms with E-state index in [4.69, 9.17) is 10.5 Å². The van der Waals surface area contributed by atoms with Crippen LogP contribution in [0.4, 0.5) is 0 Å². The number of esters is 1. The topological polar surface area (TPSA) is 52.3 Å². The fourth-order valence-corrected chi connectivity index (χ4v) is 3.05. The second kappa shape index (κ2) is 1.46. The summed E-state index contributed by atoms with van der Waals surface area (Å²) >= 11 is 0. The van der Waals surface area contributed by atoms with Crippen LogP contribution in [0.3, 0.4) is 0 Å². The molecule has 1 aliphatic heterocycles. The molecular formula is C8H11NO2. The van der Waals surface area contributed by atoms with Crippen molar-refractivity contribution in [2.45, 2.75) is 30.9 Å². The lowest BCUT2D eigenvalue weighted by Gasteiger charge is -2.22. The van der Waals surface area contributed by atoms with E-state index in [1.807, 2.05) is 0 Å². The summed E-state index contributed by atoms with van der Waals surface area (Å²) in [7, 11) is 0. The predicted octanol–water partition coefficient (Wildman–Crippen LogP) is 0.0392. The SMILES string of the molecule is N[C@@]12C[C@@H]3C[C@@H]1[C@@H](C3)OC2=O. The van der Waals surface area contributed by atoms with Gasteiger partial charge in [0.05, 0.1) is 0 Å². The standard InChI is InChI=1S/C8H11NO2/c9-8-3-4-1-5(8)6(2-4)11-7(8)10/h4-6H,1-3,9H2/t4-,5-,6-,8+/m1/s1. The summed E-state index contributed by atoms with van der Waals surface area (Å²) in [6, 6.07) is 0. The van der Waals surface area contributed by atoms with Gasteiger partial charge in [-0.3, -0.25) is 4.79 Å². The molecule has 60 valence electrons. The Kier molecular flexibility index (Phi) is 0.796. The summed E-state index contributed by atoms with van der Waals surface area (Å²) in [5.74, 6) is 0.869. The van der Waals surface area contributed by atoms with E-state index in [0.29, 0.717) is 11.8 Å². The van der Waals surface area contributed by atoms with E-state index in [1.165, 1.54) is 0 Å². The molecule has 0 aromatic heterocycles. The Bertz CT molecular complexity index is 240. The number of rotatable bonds is 0. The van der Waals surface area contributed by atoms with Crippen LogP contribution in [0.5, 0.6) is 0 Å². The monoisotopic (exact) mass is 153 g/mol. The number of carbonyl (C=O) groups is 1. The summed E-state index contributed by atoms with van der Waals surface area (Å²) in [6.45, 7) is 0. The lowest BCUT2D eigenvalue weighted by Crippen LogP contribution is -2.48. The maximum absolute atomic E-state index is 11.3. The Morgan fingerprint density at radius 3 is 2.91 bits per heavy atom. The van der Waals surface area contributed by atoms with Gasteiger partial charge in [-0.25, -0.2) is 0 Å². The molecule has 2 aliphatic carbocycles. The average molecular weight is 153 g/mol. The van der Waals surface area contributed by atoms with E-state index in [0.717, 1.165) is 19.3 Å². The van der Waals surface area contributed by atoms with Gasteiger partial charge in [-0.2, -0.15) is 0 Å². The van der Waals surface area contributed by atoms with Gasteiger partial charge in [0.1, 0.15) is 11.6 Å². The summed E-state index contributed by atoms with van der Waals surface area (Å²) in [6.07, 6.45) is 3.22. The van der Waals surface area contributed by atoms with Crippen molar-refractivity contribution in [2.24, 2.45) is 17.6 Å². The molecule has 1 heterocycles. The predicted molar refractivity (Wildman–Crippen MR) is 37.6 cm³/mol. The molecule has 3 fully saturated rings. The number of fused-ring (bicyclic) bond motifs is 1. The van der Waals surface area contributed by atoms with Gasteiger partial charge < -0.3 is 10.5 Å². The molecule has 3 rings (SSSR count). The first kappa shape index (κ1) is 6.00. The maximum Gasteiger partial charge on any atom is 0.326 e. The van der Waals surface area contributed by atoms with Gasteiger partial charge in [0.25, 0.3) is 0 Å². The molecule has 2 bridgehead atoms. The van der Waals surface area contributed by atoms with E-state index >= 15 is 0 Å². The molecule has 0 spiro atoms. The highest BCUT2D eigenvalue weighted by atomic mass is 16.6. The van der Waals surface area contributed by atoms with Crippen LogP contribution < -0.4 is 5.73 Å². The van der Waals surface area contributed by atoms with Crippen molar-refractivity contribution in [3.05, 3.63) is 0 Å². The van der Waals surface area contributed by atoms with Crippen LogP contribution in [0.15, 0.2) is 0 Å².